The lowest BCUT2D eigenvalue weighted by molar-refractivity contribution is -0.113. The Morgan fingerprint density at radius 3 is 2.67 bits per heavy atom. The van der Waals surface area contributed by atoms with Gasteiger partial charge in [0.2, 0.25) is 0 Å². The minimum atomic E-state index is -0.275. The first-order valence-corrected chi connectivity index (χ1v) is 10.4. The fraction of sp³-hybridized carbons (Fsp3) is 0.333. The molecule has 0 saturated carbocycles. The van der Waals surface area contributed by atoms with Crippen molar-refractivity contribution in [2.24, 2.45) is 0 Å². The Morgan fingerprint density at radius 2 is 1.90 bits per heavy atom. The largest absolute Gasteiger partial charge is 0.490 e. The molecule has 0 aliphatic carbocycles. The van der Waals surface area contributed by atoms with Crippen molar-refractivity contribution in [3.05, 3.63) is 58.7 Å². The van der Waals surface area contributed by atoms with E-state index in [1.54, 1.807) is 6.07 Å². The highest BCUT2D eigenvalue weighted by molar-refractivity contribution is 6.11. The van der Waals surface area contributed by atoms with Gasteiger partial charge in [-0.3, -0.25) is 9.59 Å². The summed E-state index contributed by atoms with van der Waals surface area (Å²) in [6.45, 7) is 6.02. The van der Waals surface area contributed by atoms with Crippen LogP contribution in [0.2, 0.25) is 0 Å². The second-order valence-electron chi connectivity index (χ2n) is 7.52. The summed E-state index contributed by atoms with van der Waals surface area (Å²) in [4.78, 5) is 27.9. The van der Waals surface area contributed by atoms with Crippen molar-refractivity contribution in [1.82, 2.24) is 4.90 Å². The van der Waals surface area contributed by atoms with E-state index in [1.165, 1.54) is 0 Å². The zero-order valence-corrected chi connectivity index (χ0v) is 17.4. The van der Waals surface area contributed by atoms with Crippen molar-refractivity contribution in [3.63, 3.8) is 0 Å². The third kappa shape index (κ3) is 3.90. The molecule has 1 saturated heterocycles. The van der Waals surface area contributed by atoms with E-state index in [0.29, 0.717) is 34.9 Å². The second-order valence-corrected chi connectivity index (χ2v) is 7.52. The predicted molar refractivity (Wildman–Crippen MR) is 116 cm³/mol. The minimum absolute atomic E-state index is 0.0264. The van der Waals surface area contributed by atoms with Crippen LogP contribution in [-0.2, 0) is 4.79 Å². The van der Waals surface area contributed by atoms with Crippen LogP contribution in [0.4, 0.5) is 5.69 Å². The van der Waals surface area contributed by atoms with Crippen molar-refractivity contribution in [3.8, 4) is 11.5 Å². The second kappa shape index (κ2) is 8.61. The lowest BCUT2D eigenvalue weighted by atomic mass is 10.0. The maximum atomic E-state index is 13.0. The lowest BCUT2D eigenvalue weighted by Gasteiger charge is -2.22. The summed E-state index contributed by atoms with van der Waals surface area (Å²) in [7, 11) is 0. The summed E-state index contributed by atoms with van der Waals surface area (Å²) in [5.74, 6) is 1.02. The van der Waals surface area contributed by atoms with Crippen LogP contribution < -0.4 is 14.8 Å². The van der Waals surface area contributed by atoms with Crippen molar-refractivity contribution in [1.29, 1.82) is 0 Å². The van der Waals surface area contributed by atoms with Crippen LogP contribution in [0.1, 0.15) is 41.3 Å². The molecule has 0 aromatic heterocycles. The zero-order valence-electron chi connectivity index (χ0n) is 17.4. The average molecular weight is 406 g/mol. The Kier molecular flexibility index (Phi) is 5.74. The molecule has 2 aliphatic rings. The number of para-hydroxylation sites is 1. The molecule has 0 atom stereocenters. The number of hydrogen-bond donors (Lipinski definition) is 1. The first-order valence-electron chi connectivity index (χ1n) is 10.4. The summed E-state index contributed by atoms with van der Waals surface area (Å²) < 4.78 is 11.4. The smallest absolute Gasteiger partial charge is 0.256 e. The fourth-order valence-electron chi connectivity index (χ4n) is 3.92. The molecule has 1 N–H and O–H groups in total. The normalized spacial score (nSPS) is 15.1. The van der Waals surface area contributed by atoms with Crippen LogP contribution in [0.15, 0.2) is 42.0 Å². The number of aryl methyl sites for hydroxylation is 1. The summed E-state index contributed by atoms with van der Waals surface area (Å²) in [6.07, 6.45) is 3.85. The van der Waals surface area contributed by atoms with Gasteiger partial charge in [0.25, 0.3) is 11.8 Å². The number of carbonyl (C=O) groups excluding carboxylic acids is 2. The van der Waals surface area contributed by atoms with Crippen LogP contribution >= 0.6 is 0 Å². The molecule has 2 aromatic carbocycles. The average Bonchev–Trinajstić information content (AvgIpc) is 3.28. The molecule has 0 bridgehead atoms. The van der Waals surface area contributed by atoms with Gasteiger partial charge in [-0.1, -0.05) is 24.3 Å². The number of benzene rings is 2. The summed E-state index contributed by atoms with van der Waals surface area (Å²) in [5, 5.41) is 2.93. The lowest BCUT2D eigenvalue weighted by Crippen LogP contribution is -2.30. The SMILES string of the molecule is CCOc1cccc2c1OCC(C(=O)Nc1cccc(C)c1C(=O)N1CCCC1)=C2. The highest BCUT2D eigenvalue weighted by Crippen LogP contribution is 2.36. The van der Waals surface area contributed by atoms with Crippen molar-refractivity contribution >= 4 is 23.6 Å². The van der Waals surface area contributed by atoms with Crippen LogP contribution in [0, 0.1) is 6.92 Å². The molecule has 30 heavy (non-hydrogen) atoms. The van der Waals surface area contributed by atoms with Gasteiger partial charge < -0.3 is 19.7 Å². The maximum Gasteiger partial charge on any atom is 0.256 e. The summed E-state index contributed by atoms with van der Waals surface area (Å²) in [6, 6.07) is 11.1. The van der Waals surface area contributed by atoms with Crippen molar-refractivity contribution < 1.29 is 19.1 Å². The van der Waals surface area contributed by atoms with Gasteiger partial charge in [-0.05, 0) is 50.5 Å². The molecule has 2 amide bonds. The summed E-state index contributed by atoms with van der Waals surface area (Å²) in [5.41, 5.74) is 3.24. The highest BCUT2D eigenvalue weighted by Gasteiger charge is 2.25. The number of hydrogen-bond acceptors (Lipinski definition) is 4. The number of likely N-dealkylation sites (tertiary alicyclic amines) is 1. The molecule has 6 nitrogen and oxygen atoms in total. The quantitative estimate of drug-likeness (QED) is 0.814. The van der Waals surface area contributed by atoms with Crippen molar-refractivity contribution in [2.45, 2.75) is 26.7 Å². The van der Waals surface area contributed by atoms with E-state index in [1.807, 2.05) is 55.2 Å². The number of fused-ring (bicyclic) bond motifs is 1. The van der Waals surface area contributed by atoms with E-state index in [-0.39, 0.29) is 18.4 Å². The number of carbonyl (C=O) groups is 2. The maximum absolute atomic E-state index is 13.0. The predicted octanol–water partition coefficient (Wildman–Crippen LogP) is 4.04. The molecule has 2 aromatic rings. The molecule has 6 heteroatoms. The summed E-state index contributed by atoms with van der Waals surface area (Å²) >= 11 is 0. The fourth-order valence-corrected chi connectivity index (χ4v) is 3.92. The number of amides is 2. The van der Waals surface area contributed by atoms with Gasteiger partial charge in [-0.15, -0.1) is 0 Å². The van der Waals surface area contributed by atoms with Crippen LogP contribution in [-0.4, -0.2) is 43.0 Å². The van der Waals surface area contributed by atoms with E-state index in [4.69, 9.17) is 9.47 Å². The zero-order chi connectivity index (χ0) is 21.1. The number of nitrogens with one attached hydrogen (secondary N) is 1. The number of ether oxygens (including phenoxy) is 2. The Hall–Kier alpha value is -3.28. The Bertz CT molecular complexity index is 1010. The molecule has 156 valence electrons. The van der Waals surface area contributed by atoms with E-state index < -0.39 is 0 Å². The van der Waals surface area contributed by atoms with Gasteiger partial charge in [-0.2, -0.15) is 0 Å². The van der Waals surface area contributed by atoms with Crippen LogP contribution in [0.5, 0.6) is 11.5 Å². The van der Waals surface area contributed by atoms with E-state index in [9.17, 15) is 9.59 Å². The molecule has 2 heterocycles. The Morgan fingerprint density at radius 1 is 1.13 bits per heavy atom. The molecule has 2 aliphatic heterocycles. The molecule has 1 fully saturated rings. The van der Waals surface area contributed by atoms with E-state index >= 15 is 0 Å². The van der Waals surface area contributed by atoms with Gasteiger partial charge in [0.05, 0.1) is 23.4 Å². The minimum Gasteiger partial charge on any atom is -0.490 e. The third-order valence-corrected chi connectivity index (χ3v) is 5.43. The van der Waals surface area contributed by atoms with Gasteiger partial charge in [0.15, 0.2) is 11.5 Å². The van der Waals surface area contributed by atoms with Gasteiger partial charge in [0.1, 0.15) is 6.61 Å². The van der Waals surface area contributed by atoms with Gasteiger partial charge >= 0.3 is 0 Å². The molecule has 0 unspecified atom stereocenters. The Balaban J connectivity index is 1.58. The monoisotopic (exact) mass is 406 g/mol. The topological polar surface area (TPSA) is 67.9 Å². The van der Waals surface area contributed by atoms with E-state index in [2.05, 4.69) is 5.32 Å². The molecule has 4 rings (SSSR count). The van der Waals surface area contributed by atoms with Crippen molar-refractivity contribution in [2.75, 3.05) is 31.6 Å². The number of rotatable bonds is 5. The molecule has 0 radical (unpaired) electrons. The molecule has 0 spiro atoms. The van der Waals surface area contributed by atoms with Crippen LogP contribution in [0.25, 0.3) is 6.08 Å². The first kappa shape index (κ1) is 20.0. The van der Waals surface area contributed by atoms with Gasteiger partial charge in [0, 0.05) is 18.7 Å². The third-order valence-electron chi connectivity index (χ3n) is 5.43. The number of nitrogens with zero attached hydrogens (tertiary/aromatic N) is 1. The van der Waals surface area contributed by atoms with Crippen LogP contribution in [0.3, 0.4) is 0 Å². The standard InChI is InChI=1S/C24H26N2O4/c1-3-29-20-11-7-9-17-14-18(15-30-22(17)20)23(27)25-19-10-6-8-16(2)21(19)24(28)26-12-4-5-13-26/h6-11,14H,3-5,12-13,15H2,1-2H3,(H,25,27). The highest BCUT2D eigenvalue weighted by atomic mass is 16.5. The number of anilines is 1. The molecular formula is C24H26N2O4. The van der Waals surface area contributed by atoms with E-state index in [0.717, 1.165) is 37.1 Å². The Labute approximate surface area is 176 Å². The first-order chi connectivity index (χ1) is 14.6. The molecular weight excluding hydrogens is 380 g/mol. The van der Waals surface area contributed by atoms with Gasteiger partial charge in [-0.25, -0.2) is 0 Å².